The standard InChI is InChI=1S/C24H16N2O/c1-3-9-17(10-4-1)22-15-20(19-13-7-8-14-21(19)26-22)24-25-16-23(27-24)18-11-5-2-6-12-18/h1-16H. The molecular weight excluding hydrogens is 332 g/mol. The van der Waals surface area contributed by atoms with Gasteiger partial charge >= 0.3 is 0 Å². The van der Waals surface area contributed by atoms with Gasteiger partial charge in [0.2, 0.25) is 5.89 Å². The minimum absolute atomic E-state index is 0.602. The van der Waals surface area contributed by atoms with Crippen molar-refractivity contribution in [1.29, 1.82) is 0 Å². The van der Waals surface area contributed by atoms with Crippen LogP contribution in [-0.4, -0.2) is 9.97 Å². The highest BCUT2D eigenvalue weighted by atomic mass is 16.4. The minimum Gasteiger partial charge on any atom is -0.436 e. The van der Waals surface area contributed by atoms with Crippen LogP contribution < -0.4 is 0 Å². The number of aromatic nitrogens is 2. The van der Waals surface area contributed by atoms with Gasteiger partial charge in [0, 0.05) is 22.1 Å². The Labute approximate surface area is 157 Å². The Morgan fingerprint density at radius 2 is 1.33 bits per heavy atom. The van der Waals surface area contributed by atoms with Gasteiger partial charge in [-0.3, -0.25) is 0 Å². The van der Waals surface area contributed by atoms with Crippen molar-refractivity contribution in [3.05, 3.63) is 97.2 Å². The maximum absolute atomic E-state index is 6.12. The second-order valence-corrected chi connectivity index (χ2v) is 6.33. The molecule has 128 valence electrons. The van der Waals surface area contributed by atoms with Crippen LogP contribution in [0.4, 0.5) is 0 Å². The van der Waals surface area contributed by atoms with Gasteiger partial charge in [-0.05, 0) is 12.1 Å². The van der Waals surface area contributed by atoms with E-state index in [1.807, 2.05) is 66.7 Å². The first-order valence-electron chi connectivity index (χ1n) is 8.85. The van der Waals surface area contributed by atoms with Crippen LogP contribution in [0.2, 0.25) is 0 Å². The predicted octanol–water partition coefficient (Wildman–Crippen LogP) is 6.22. The van der Waals surface area contributed by atoms with Crippen molar-refractivity contribution < 1.29 is 4.42 Å². The van der Waals surface area contributed by atoms with Gasteiger partial charge in [0.25, 0.3) is 0 Å². The van der Waals surface area contributed by atoms with Crippen molar-refractivity contribution in [2.24, 2.45) is 0 Å². The lowest BCUT2D eigenvalue weighted by Gasteiger charge is -2.07. The average molecular weight is 348 g/mol. The molecule has 0 bridgehead atoms. The summed E-state index contributed by atoms with van der Waals surface area (Å²) in [5, 5.41) is 1.03. The zero-order valence-corrected chi connectivity index (χ0v) is 14.5. The second kappa shape index (κ2) is 6.54. The summed E-state index contributed by atoms with van der Waals surface area (Å²) in [7, 11) is 0. The summed E-state index contributed by atoms with van der Waals surface area (Å²) in [6.07, 6.45) is 1.78. The average Bonchev–Trinajstić information content (AvgIpc) is 3.24. The molecule has 0 amide bonds. The molecule has 0 aliphatic carbocycles. The largest absolute Gasteiger partial charge is 0.436 e. The molecule has 2 aromatic heterocycles. The van der Waals surface area contributed by atoms with E-state index in [1.54, 1.807) is 6.20 Å². The van der Waals surface area contributed by atoms with Gasteiger partial charge in [0.15, 0.2) is 5.76 Å². The lowest BCUT2D eigenvalue weighted by molar-refractivity contribution is 0.589. The smallest absolute Gasteiger partial charge is 0.227 e. The molecule has 3 aromatic carbocycles. The van der Waals surface area contributed by atoms with Crippen molar-refractivity contribution in [3.63, 3.8) is 0 Å². The van der Waals surface area contributed by atoms with E-state index >= 15 is 0 Å². The number of fused-ring (bicyclic) bond motifs is 1. The number of pyridine rings is 1. The van der Waals surface area contributed by atoms with Gasteiger partial charge in [0.05, 0.1) is 17.4 Å². The molecule has 5 aromatic rings. The molecule has 0 fully saturated rings. The molecule has 0 saturated heterocycles. The normalized spacial score (nSPS) is 11.0. The summed E-state index contributed by atoms with van der Waals surface area (Å²) in [6.45, 7) is 0. The number of rotatable bonds is 3. The number of oxazole rings is 1. The van der Waals surface area contributed by atoms with Crippen LogP contribution in [0.5, 0.6) is 0 Å². The Hall–Kier alpha value is -3.72. The molecule has 0 spiro atoms. The van der Waals surface area contributed by atoms with Crippen molar-refractivity contribution in [2.45, 2.75) is 0 Å². The number of hydrogen-bond acceptors (Lipinski definition) is 3. The van der Waals surface area contributed by atoms with E-state index in [0.29, 0.717) is 5.89 Å². The van der Waals surface area contributed by atoms with Crippen LogP contribution >= 0.6 is 0 Å². The van der Waals surface area contributed by atoms with Gasteiger partial charge in [0.1, 0.15) is 0 Å². The zero-order chi connectivity index (χ0) is 18.1. The quantitative estimate of drug-likeness (QED) is 0.388. The highest BCUT2D eigenvalue weighted by molar-refractivity contribution is 5.94. The molecule has 3 heteroatoms. The van der Waals surface area contributed by atoms with E-state index in [4.69, 9.17) is 9.40 Å². The summed E-state index contributed by atoms with van der Waals surface area (Å²) in [4.78, 5) is 9.38. The van der Waals surface area contributed by atoms with Crippen molar-refractivity contribution in [2.75, 3.05) is 0 Å². The lowest BCUT2D eigenvalue weighted by Crippen LogP contribution is -1.89. The third-order valence-electron chi connectivity index (χ3n) is 4.58. The van der Waals surface area contributed by atoms with E-state index in [1.165, 1.54) is 0 Å². The van der Waals surface area contributed by atoms with E-state index in [2.05, 4.69) is 29.2 Å². The molecule has 0 saturated carbocycles. The Balaban J connectivity index is 1.70. The third kappa shape index (κ3) is 2.89. The molecular formula is C24H16N2O. The number of nitrogens with zero attached hydrogens (tertiary/aromatic N) is 2. The zero-order valence-electron chi connectivity index (χ0n) is 14.5. The lowest BCUT2D eigenvalue weighted by atomic mass is 10.0. The Morgan fingerprint density at radius 1 is 0.667 bits per heavy atom. The summed E-state index contributed by atoms with van der Waals surface area (Å²) < 4.78 is 6.12. The van der Waals surface area contributed by atoms with Crippen molar-refractivity contribution in [3.8, 4) is 34.0 Å². The van der Waals surface area contributed by atoms with Crippen LogP contribution in [-0.2, 0) is 0 Å². The molecule has 0 unspecified atom stereocenters. The Bertz CT molecular complexity index is 1210. The third-order valence-corrected chi connectivity index (χ3v) is 4.58. The molecule has 5 rings (SSSR count). The van der Waals surface area contributed by atoms with Crippen LogP contribution in [0.3, 0.4) is 0 Å². The second-order valence-electron chi connectivity index (χ2n) is 6.33. The van der Waals surface area contributed by atoms with Crippen LogP contribution in [0.25, 0.3) is 44.9 Å². The van der Waals surface area contributed by atoms with E-state index < -0.39 is 0 Å². The highest BCUT2D eigenvalue weighted by Crippen LogP contribution is 2.33. The fourth-order valence-electron chi connectivity index (χ4n) is 3.24. The van der Waals surface area contributed by atoms with Crippen LogP contribution in [0.15, 0.2) is 102 Å². The van der Waals surface area contributed by atoms with E-state index in [9.17, 15) is 0 Å². The monoisotopic (exact) mass is 348 g/mol. The Morgan fingerprint density at radius 3 is 2.11 bits per heavy atom. The fourth-order valence-corrected chi connectivity index (χ4v) is 3.24. The molecule has 0 aliphatic rings. The predicted molar refractivity (Wildman–Crippen MR) is 108 cm³/mol. The summed E-state index contributed by atoms with van der Waals surface area (Å²) >= 11 is 0. The van der Waals surface area contributed by atoms with Crippen molar-refractivity contribution in [1.82, 2.24) is 9.97 Å². The summed E-state index contributed by atoms with van der Waals surface area (Å²) in [5.74, 6) is 1.36. The first-order valence-corrected chi connectivity index (χ1v) is 8.85. The number of benzene rings is 3. The highest BCUT2D eigenvalue weighted by Gasteiger charge is 2.14. The van der Waals surface area contributed by atoms with Gasteiger partial charge in [-0.2, -0.15) is 0 Å². The fraction of sp³-hybridized carbons (Fsp3) is 0. The first-order chi connectivity index (χ1) is 13.4. The van der Waals surface area contributed by atoms with Crippen LogP contribution in [0.1, 0.15) is 0 Å². The molecule has 0 aliphatic heterocycles. The van der Waals surface area contributed by atoms with Gasteiger partial charge < -0.3 is 4.42 Å². The van der Waals surface area contributed by atoms with Crippen molar-refractivity contribution >= 4 is 10.9 Å². The van der Waals surface area contributed by atoms with Crippen LogP contribution in [0, 0.1) is 0 Å². The summed E-state index contributed by atoms with van der Waals surface area (Å²) in [6, 6.07) is 30.3. The summed E-state index contributed by atoms with van der Waals surface area (Å²) in [5.41, 5.74) is 4.86. The maximum Gasteiger partial charge on any atom is 0.227 e. The molecule has 0 radical (unpaired) electrons. The van der Waals surface area contributed by atoms with Gasteiger partial charge in [-0.1, -0.05) is 78.9 Å². The molecule has 3 nitrogen and oxygen atoms in total. The topological polar surface area (TPSA) is 38.9 Å². The molecule has 0 N–H and O–H groups in total. The minimum atomic E-state index is 0.602. The van der Waals surface area contributed by atoms with E-state index in [-0.39, 0.29) is 0 Å². The molecule has 27 heavy (non-hydrogen) atoms. The Kier molecular flexibility index (Phi) is 3.76. The van der Waals surface area contributed by atoms with E-state index in [0.717, 1.165) is 39.0 Å². The number of hydrogen-bond donors (Lipinski definition) is 0. The molecule has 2 heterocycles. The number of para-hydroxylation sites is 1. The first kappa shape index (κ1) is 15.5. The van der Waals surface area contributed by atoms with Gasteiger partial charge in [-0.25, -0.2) is 9.97 Å². The SMILES string of the molecule is c1ccc(-c2cc(-c3ncc(-c4ccccc4)o3)c3ccccc3n2)cc1. The van der Waals surface area contributed by atoms with Gasteiger partial charge in [-0.15, -0.1) is 0 Å². The molecule has 0 atom stereocenters. The maximum atomic E-state index is 6.12.